The Bertz CT molecular complexity index is 445. The van der Waals surface area contributed by atoms with E-state index in [4.69, 9.17) is 17.3 Å². The highest BCUT2D eigenvalue weighted by atomic mass is 35.5. The molecule has 0 saturated heterocycles. The highest BCUT2D eigenvalue weighted by Crippen LogP contribution is 2.18. The van der Waals surface area contributed by atoms with Gasteiger partial charge in [0, 0.05) is 11.1 Å². The molecule has 0 heterocycles. The first-order valence-corrected chi connectivity index (χ1v) is 7.34. The molecule has 0 aliphatic rings. The van der Waals surface area contributed by atoms with Crippen LogP contribution in [0, 0.1) is 0 Å². The molecule has 3 nitrogen and oxygen atoms in total. The van der Waals surface area contributed by atoms with Crippen molar-refractivity contribution in [2.45, 2.75) is 25.1 Å². The second kappa shape index (κ2) is 5.66. The van der Waals surface area contributed by atoms with Crippen molar-refractivity contribution in [3.63, 3.8) is 0 Å². The molecule has 0 fully saturated rings. The predicted molar refractivity (Wildman–Crippen MR) is 67.2 cm³/mol. The van der Waals surface area contributed by atoms with Crippen molar-refractivity contribution in [3.8, 4) is 0 Å². The quantitative estimate of drug-likeness (QED) is 0.882. The van der Waals surface area contributed by atoms with Crippen molar-refractivity contribution in [2.24, 2.45) is 5.73 Å². The molecule has 1 aromatic carbocycles. The molecule has 1 rings (SSSR count). The van der Waals surface area contributed by atoms with Gasteiger partial charge in [0.05, 0.1) is 11.5 Å². The summed E-state index contributed by atoms with van der Waals surface area (Å²) in [4.78, 5) is 0. The lowest BCUT2D eigenvalue weighted by Crippen LogP contribution is -2.29. The number of rotatable bonds is 5. The molecule has 16 heavy (non-hydrogen) atoms. The third kappa shape index (κ3) is 4.12. The summed E-state index contributed by atoms with van der Waals surface area (Å²) in [6, 6.07) is 6.66. The number of sulfone groups is 1. The van der Waals surface area contributed by atoms with Gasteiger partial charge in [-0.2, -0.15) is 0 Å². The minimum atomic E-state index is -3.18. The van der Waals surface area contributed by atoms with Crippen LogP contribution in [0.4, 0.5) is 0 Å². The first kappa shape index (κ1) is 13.5. The van der Waals surface area contributed by atoms with Crippen LogP contribution in [0.5, 0.6) is 0 Å². The molecule has 1 aromatic rings. The Morgan fingerprint density at radius 2 is 2.00 bits per heavy atom. The Labute approximate surface area is 102 Å². The third-order valence-corrected chi connectivity index (χ3v) is 4.38. The zero-order chi connectivity index (χ0) is 12.2. The van der Waals surface area contributed by atoms with Gasteiger partial charge in [0.15, 0.2) is 9.84 Å². The standard InChI is InChI=1S/C11H16ClNO2S/c1-2-10(13)8-16(14,15)7-9-5-3-4-6-11(9)12/h3-6,10H,2,7-8,13H2,1H3. The van der Waals surface area contributed by atoms with Gasteiger partial charge in [0.2, 0.25) is 0 Å². The van der Waals surface area contributed by atoms with Gasteiger partial charge in [-0.25, -0.2) is 8.42 Å². The summed E-state index contributed by atoms with van der Waals surface area (Å²) < 4.78 is 23.6. The summed E-state index contributed by atoms with van der Waals surface area (Å²) in [6.07, 6.45) is 0.655. The second-order valence-corrected chi connectivity index (χ2v) is 6.33. The van der Waals surface area contributed by atoms with E-state index in [-0.39, 0.29) is 17.5 Å². The van der Waals surface area contributed by atoms with Gasteiger partial charge in [-0.1, -0.05) is 36.7 Å². The maximum atomic E-state index is 11.8. The molecule has 0 spiro atoms. The van der Waals surface area contributed by atoms with Crippen LogP contribution in [0.3, 0.4) is 0 Å². The number of benzene rings is 1. The van der Waals surface area contributed by atoms with Crippen molar-refractivity contribution in [1.82, 2.24) is 0 Å². The van der Waals surface area contributed by atoms with Crippen LogP contribution in [0.1, 0.15) is 18.9 Å². The Hall–Kier alpha value is -0.580. The van der Waals surface area contributed by atoms with E-state index in [0.717, 1.165) is 0 Å². The van der Waals surface area contributed by atoms with E-state index in [1.807, 2.05) is 6.92 Å². The number of hydrogen-bond donors (Lipinski definition) is 1. The molecule has 0 aliphatic heterocycles. The minimum absolute atomic E-state index is 0.00865. The zero-order valence-corrected chi connectivity index (χ0v) is 10.8. The second-order valence-electron chi connectivity index (χ2n) is 3.81. The van der Waals surface area contributed by atoms with E-state index in [2.05, 4.69) is 0 Å². The van der Waals surface area contributed by atoms with E-state index in [9.17, 15) is 8.42 Å². The average molecular weight is 262 g/mol. The van der Waals surface area contributed by atoms with Crippen LogP contribution in [0.15, 0.2) is 24.3 Å². The first-order valence-electron chi connectivity index (χ1n) is 5.14. The Balaban J connectivity index is 2.77. The van der Waals surface area contributed by atoms with Crippen molar-refractivity contribution in [2.75, 3.05) is 5.75 Å². The molecule has 0 radical (unpaired) electrons. The van der Waals surface area contributed by atoms with E-state index in [0.29, 0.717) is 17.0 Å². The molecule has 1 unspecified atom stereocenters. The van der Waals surface area contributed by atoms with E-state index >= 15 is 0 Å². The third-order valence-electron chi connectivity index (χ3n) is 2.33. The number of halogens is 1. The summed E-state index contributed by atoms with van der Waals surface area (Å²) in [5, 5.41) is 0.483. The number of nitrogens with two attached hydrogens (primary N) is 1. The normalized spacial score (nSPS) is 13.7. The fourth-order valence-electron chi connectivity index (χ4n) is 1.36. The van der Waals surface area contributed by atoms with Crippen LogP contribution >= 0.6 is 11.6 Å². The monoisotopic (exact) mass is 261 g/mol. The van der Waals surface area contributed by atoms with E-state index < -0.39 is 9.84 Å². The average Bonchev–Trinajstić information content (AvgIpc) is 2.20. The van der Waals surface area contributed by atoms with Crippen LogP contribution in [0.2, 0.25) is 5.02 Å². The van der Waals surface area contributed by atoms with E-state index in [1.54, 1.807) is 24.3 Å². The molecule has 2 N–H and O–H groups in total. The lowest BCUT2D eigenvalue weighted by molar-refractivity contribution is 0.583. The van der Waals surface area contributed by atoms with Gasteiger partial charge < -0.3 is 5.73 Å². The van der Waals surface area contributed by atoms with Crippen LogP contribution in [-0.4, -0.2) is 20.2 Å². The Morgan fingerprint density at radius 3 is 2.56 bits per heavy atom. The Morgan fingerprint density at radius 1 is 1.38 bits per heavy atom. The van der Waals surface area contributed by atoms with Crippen molar-refractivity contribution in [3.05, 3.63) is 34.9 Å². The lowest BCUT2D eigenvalue weighted by Gasteiger charge is -2.10. The highest BCUT2D eigenvalue weighted by Gasteiger charge is 2.17. The van der Waals surface area contributed by atoms with E-state index in [1.165, 1.54) is 0 Å². The SMILES string of the molecule is CCC(N)CS(=O)(=O)Cc1ccccc1Cl. The van der Waals surface area contributed by atoms with Crippen molar-refractivity contribution in [1.29, 1.82) is 0 Å². The predicted octanol–water partition coefficient (Wildman–Crippen LogP) is 1.99. The maximum Gasteiger partial charge on any atom is 0.156 e. The fraction of sp³-hybridized carbons (Fsp3) is 0.455. The van der Waals surface area contributed by atoms with Crippen molar-refractivity contribution >= 4 is 21.4 Å². The van der Waals surface area contributed by atoms with Crippen LogP contribution in [0.25, 0.3) is 0 Å². The van der Waals surface area contributed by atoms with Gasteiger partial charge in [-0.15, -0.1) is 0 Å². The molecule has 5 heteroatoms. The van der Waals surface area contributed by atoms with Crippen LogP contribution in [-0.2, 0) is 15.6 Å². The molecule has 0 amide bonds. The summed E-state index contributed by atoms with van der Waals surface area (Å²) in [6.45, 7) is 1.87. The molecular weight excluding hydrogens is 246 g/mol. The molecule has 0 aromatic heterocycles. The number of hydrogen-bond acceptors (Lipinski definition) is 3. The van der Waals surface area contributed by atoms with Crippen molar-refractivity contribution < 1.29 is 8.42 Å². The lowest BCUT2D eigenvalue weighted by atomic mass is 10.2. The molecule has 1 atom stereocenters. The minimum Gasteiger partial charge on any atom is -0.327 e. The molecule has 0 aliphatic carbocycles. The smallest absolute Gasteiger partial charge is 0.156 e. The summed E-state index contributed by atoms with van der Waals surface area (Å²) in [5.41, 5.74) is 6.27. The maximum absolute atomic E-state index is 11.8. The highest BCUT2D eigenvalue weighted by molar-refractivity contribution is 7.90. The van der Waals surface area contributed by atoms with Gasteiger partial charge >= 0.3 is 0 Å². The zero-order valence-electron chi connectivity index (χ0n) is 9.19. The molecule has 0 bridgehead atoms. The van der Waals surface area contributed by atoms with Gasteiger partial charge in [-0.3, -0.25) is 0 Å². The Kier molecular flexibility index (Phi) is 4.77. The summed E-state index contributed by atoms with van der Waals surface area (Å²) in [5.74, 6) is -0.0326. The summed E-state index contributed by atoms with van der Waals surface area (Å²) >= 11 is 5.91. The summed E-state index contributed by atoms with van der Waals surface area (Å²) in [7, 11) is -3.18. The van der Waals surface area contributed by atoms with Gasteiger partial charge in [-0.05, 0) is 18.1 Å². The molecule has 0 saturated carbocycles. The van der Waals surface area contributed by atoms with Gasteiger partial charge in [0.25, 0.3) is 0 Å². The fourth-order valence-corrected chi connectivity index (χ4v) is 3.37. The topological polar surface area (TPSA) is 60.2 Å². The largest absolute Gasteiger partial charge is 0.327 e. The molecular formula is C11H16ClNO2S. The van der Waals surface area contributed by atoms with Gasteiger partial charge in [0.1, 0.15) is 0 Å². The van der Waals surface area contributed by atoms with Crippen LogP contribution < -0.4 is 5.73 Å². The molecule has 90 valence electrons. The first-order chi connectivity index (χ1) is 7.44.